The Labute approximate surface area is 367 Å². The van der Waals surface area contributed by atoms with Gasteiger partial charge in [-0.15, -0.1) is 12.4 Å². The van der Waals surface area contributed by atoms with Crippen LogP contribution in [0.2, 0.25) is 0 Å². The number of fused-ring (bicyclic) bond motifs is 2. The molecular formula is C49H57ClF6N2O4. The van der Waals surface area contributed by atoms with E-state index >= 15 is 0 Å². The summed E-state index contributed by atoms with van der Waals surface area (Å²) in [6.45, 7) is 6.58. The molecule has 336 valence electrons. The van der Waals surface area contributed by atoms with Gasteiger partial charge in [0, 0.05) is 29.9 Å². The second kappa shape index (κ2) is 19.9. The Kier molecular flexibility index (Phi) is 15.0. The number of carbonyl (C=O) groups is 1. The first-order chi connectivity index (χ1) is 29.0. The van der Waals surface area contributed by atoms with E-state index in [4.69, 9.17) is 14.2 Å². The van der Waals surface area contributed by atoms with Gasteiger partial charge in [0.05, 0.1) is 16.8 Å². The molecule has 0 aromatic heterocycles. The van der Waals surface area contributed by atoms with E-state index in [9.17, 15) is 31.1 Å². The second-order valence-corrected chi connectivity index (χ2v) is 17.7. The Morgan fingerprint density at radius 3 is 1.65 bits per heavy atom. The van der Waals surface area contributed by atoms with E-state index in [1.807, 2.05) is 45.0 Å². The second-order valence-electron chi connectivity index (χ2n) is 17.7. The molecule has 8 rings (SSSR count). The predicted molar refractivity (Wildman–Crippen MR) is 233 cm³/mol. The number of hydrogen-bond donors (Lipinski definition) is 1. The maximum atomic E-state index is 13.8. The van der Waals surface area contributed by atoms with Gasteiger partial charge < -0.3 is 19.5 Å². The Hall–Kier alpha value is -4.58. The van der Waals surface area contributed by atoms with Gasteiger partial charge in [-0.1, -0.05) is 62.8 Å². The third-order valence-corrected chi connectivity index (χ3v) is 12.2. The Bertz CT molecular complexity index is 2160. The first-order valence-electron chi connectivity index (χ1n) is 21.7. The fourth-order valence-electron chi connectivity index (χ4n) is 9.02. The highest BCUT2D eigenvalue weighted by atomic mass is 35.5. The fraction of sp³-hybridized carbons (Fsp3) is 0.490. The molecule has 4 aliphatic rings. The van der Waals surface area contributed by atoms with Crippen molar-refractivity contribution >= 4 is 29.9 Å². The van der Waals surface area contributed by atoms with E-state index < -0.39 is 35.2 Å². The maximum absolute atomic E-state index is 13.8. The summed E-state index contributed by atoms with van der Waals surface area (Å²) in [4.78, 5) is 14.0. The lowest BCUT2D eigenvalue weighted by atomic mass is 9.83. The van der Waals surface area contributed by atoms with E-state index in [1.54, 1.807) is 41.3 Å². The van der Waals surface area contributed by atoms with Crippen molar-refractivity contribution in [1.82, 2.24) is 0 Å². The number of nitrogens with zero attached hydrogens (tertiary/aromatic N) is 1. The van der Waals surface area contributed by atoms with E-state index in [-0.39, 0.29) is 48.6 Å². The molecule has 2 saturated carbocycles. The summed E-state index contributed by atoms with van der Waals surface area (Å²) in [6, 6.07) is 20.4. The number of hydrogen-bond acceptors (Lipinski definition) is 5. The van der Waals surface area contributed by atoms with Crippen molar-refractivity contribution in [2.45, 2.75) is 141 Å². The van der Waals surface area contributed by atoms with Crippen LogP contribution in [-0.2, 0) is 43.1 Å². The molecule has 1 N–H and O–H groups in total. The van der Waals surface area contributed by atoms with Crippen LogP contribution >= 0.6 is 12.4 Å². The zero-order valence-corrected chi connectivity index (χ0v) is 36.5. The summed E-state index contributed by atoms with van der Waals surface area (Å²) in [5.74, 6) is 1.55. The summed E-state index contributed by atoms with van der Waals surface area (Å²) in [5.41, 5.74) is 4.02. The molecule has 4 aromatic carbocycles. The summed E-state index contributed by atoms with van der Waals surface area (Å²) in [7, 11) is 0. The molecule has 2 aliphatic heterocycles. The van der Waals surface area contributed by atoms with Gasteiger partial charge >= 0.3 is 18.4 Å². The molecule has 6 nitrogen and oxygen atoms in total. The lowest BCUT2D eigenvalue weighted by molar-refractivity contribution is -0.139. The third kappa shape index (κ3) is 11.9. The first-order valence-corrected chi connectivity index (χ1v) is 21.7. The van der Waals surface area contributed by atoms with Crippen LogP contribution in [0.3, 0.4) is 0 Å². The number of ether oxygens (including phenoxy) is 3. The minimum atomic E-state index is -4.44. The van der Waals surface area contributed by atoms with Gasteiger partial charge in [0.2, 0.25) is 0 Å². The van der Waals surface area contributed by atoms with Gasteiger partial charge in [0.25, 0.3) is 0 Å². The molecule has 2 heterocycles. The number of alkyl halides is 6. The maximum Gasteiger partial charge on any atom is 0.416 e. The van der Waals surface area contributed by atoms with Crippen LogP contribution in [0.15, 0.2) is 72.8 Å². The highest BCUT2D eigenvalue weighted by Crippen LogP contribution is 2.41. The largest absolute Gasteiger partial charge is 0.489 e. The molecule has 0 radical (unpaired) electrons. The molecule has 0 unspecified atom stereocenters. The number of anilines is 2. The lowest BCUT2D eigenvalue weighted by Gasteiger charge is -2.25. The molecule has 13 heteroatoms. The molecule has 0 atom stereocenters. The highest BCUT2D eigenvalue weighted by molar-refractivity contribution is 5.90. The predicted octanol–water partition coefficient (Wildman–Crippen LogP) is 14.4. The smallest absolute Gasteiger partial charge is 0.416 e. The molecule has 0 saturated heterocycles. The van der Waals surface area contributed by atoms with Crippen LogP contribution < -0.4 is 19.7 Å². The number of nitrogens with one attached hydrogen (secondary N) is 1. The van der Waals surface area contributed by atoms with E-state index in [2.05, 4.69) is 5.32 Å². The minimum absolute atomic E-state index is 0. The summed E-state index contributed by atoms with van der Waals surface area (Å²) >= 11 is 0. The molecule has 1 amide bonds. The average Bonchev–Trinajstić information content (AvgIpc) is 3.89. The molecule has 0 spiro atoms. The summed E-state index contributed by atoms with van der Waals surface area (Å²) < 4.78 is 99.4. The van der Waals surface area contributed by atoms with Gasteiger partial charge in [-0.3, -0.25) is 4.90 Å². The van der Waals surface area contributed by atoms with Crippen molar-refractivity contribution in [3.8, 4) is 11.5 Å². The van der Waals surface area contributed by atoms with Gasteiger partial charge in [0.15, 0.2) is 0 Å². The quantitative estimate of drug-likeness (QED) is 0.179. The Morgan fingerprint density at radius 2 is 1.15 bits per heavy atom. The molecule has 2 aliphatic carbocycles. The summed E-state index contributed by atoms with van der Waals surface area (Å²) in [6.07, 6.45) is 2.88. The Morgan fingerprint density at radius 1 is 0.645 bits per heavy atom. The molecule has 62 heavy (non-hydrogen) atoms. The van der Waals surface area contributed by atoms with Crippen molar-refractivity contribution in [3.05, 3.63) is 117 Å². The van der Waals surface area contributed by atoms with Gasteiger partial charge in [-0.25, -0.2) is 4.79 Å². The van der Waals surface area contributed by atoms with Crippen LogP contribution in [0.1, 0.15) is 141 Å². The van der Waals surface area contributed by atoms with Gasteiger partial charge in [-0.2, -0.15) is 26.3 Å². The van der Waals surface area contributed by atoms with Crippen molar-refractivity contribution in [1.29, 1.82) is 0 Å². The van der Waals surface area contributed by atoms with Gasteiger partial charge in [-0.05, 0) is 142 Å². The topological polar surface area (TPSA) is 60.0 Å². The molecular weight excluding hydrogens is 830 g/mol. The molecule has 0 bridgehead atoms. The average molecular weight is 887 g/mol. The van der Waals surface area contributed by atoms with Crippen molar-refractivity contribution in [2.75, 3.05) is 23.3 Å². The number of benzene rings is 4. The van der Waals surface area contributed by atoms with Crippen LogP contribution in [0.5, 0.6) is 11.5 Å². The first kappa shape index (κ1) is 46.9. The van der Waals surface area contributed by atoms with E-state index in [0.717, 1.165) is 104 Å². The van der Waals surface area contributed by atoms with Crippen molar-refractivity contribution in [2.24, 2.45) is 0 Å². The number of amides is 1. The standard InChI is InChI=1S/C27H32F3NO3.C22H24F3NO.ClH/c1-26(2,3)34-25(32)31-14-13-20-15-22(11-12-24(20)31)33-17-21-10-9-19(16-23(21)27(28,29)30)18-7-5-4-6-8-18;23-22(24,25)20-13-16(15-4-2-1-3-5-15)6-7-18(20)14-27-19-8-9-21-17(12-19)10-11-26-21;/h9-12,15-16,18H,4-8,13-14,17H2,1-3H3;6-9,12-13,15,26H,1-5,10-11,14H2;1H. The fourth-order valence-corrected chi connectivity index (χ4v) is 9.02. The number of carbonyl (C=O) groups excluding carboxylic acids is 1. The monoisotopic (exact) mass is 886 g/mol. The van der Waals surface area contributed by atoms with Crippen LogP contribution in [0.25, 0.3) is 0 Å². The number of halogens is 7. The van der Waals surface area contributed by atoms with Crippen LogP contribution in [0, 0.1) is 0 Å². The van der Waals surface area contributed by atoms with E-state index in [1.165, 1.54) is 18.6 Å². The third-order valence-electron chi connectivity index (χ3n) is 12.2. The van der Waals surface area contributed by atoms with Crippen LogP contribution in [0.4, 0.5) is 42.5 Å². The van der Waals surface area contributed by atoms with Crippen molar-refractivity contribution < 1.29 is 45.3 Å². The van der Waals surface area contributed by atoms with Gasteiger partial charge in [0.1, 0.15) is 30.3 Å². The van der Waals surface area contributed by atoms with Crippen molar-refractivity contribution in [3.63, 3.8) is 0 Å². The Balaban J connectivity index is 0.000000209. The molecule has 2 fully saturated rings. The zero-order chi connectivity index (χ0) is 43.4. The van der Waals surface area contributed by atoms with E-state index in [0.29, 0.717) is 24.5 Å². The molecule has 4 aromatic rings. The zero-order valence-electron chi connectivity index (χ0n) is 35.7. The highest BCUT2D eigenvalue weighted by Gasteiger charge is 2.36. The van der Waals surface area contributed by atoms with Crippen LogP contribution in [-0.4, -0.2) is 24.8 Å². The normalized spacial score (nSPS) is 16.9. The lowest BCUT2D eigenvalue weighted by Crippen LogP contribution is -2.35. The SMILES string of the molecule is CC(C)(C)OC(=O)N1CCc2cc(OCc3ccc(C4CCCCC4)cc3C(F)(F)F)ccc21.Cl.FC(F)(F)c1cc(C2CCCCC2)ccc1COc1ccc2c(c1)CCN2. The minimum Gasteiger partial charge on any atom is -0.489 e. The number of rotatable bonds is 8. The summed E-state index contributed by atoms with van der Waals surface area (Å²) in [5, 5.41) is 3.26.